The fraction of sp³-hybridized carbons (Fsp3) is 0.533. The fourth-order valence-electron chi connectivity index (χ4n) is 2.61. The van der Waals surface area contributed by atoms with Gasteiger partial charge < -0.3 is 5.32 Å². The van der Waals surface area contributed by atoms with Crippen LogP contribution in [0.3, 0.4) is 0 Å². The largest absolute Gasteiger partial charge is 0.349 e. The van der Waals surface area contributed by atoms with Crippen LogP contribution in [0.5, 0.6) is 0 Å². The normalized spacial score (nSPS) is 19.5. The topological polar surface area (TPSA) is 29.1 Å². The molecule has 1 atom stereocenters. The molecular weight excluding hydrogens is 290 g/mol. The Balaban J connectivity index is 2.03. The molecular formula is C15H20BrNO. The predicted molar refractivity (Wildman–Crippen MR) is 77.3 cm³/mol. The molecule has 98 valence electrons. The first kappa shape index (κ1) is 13.6. The summed E-state index contributed by atoms with van der Waals surface area (Å²) in [6, 6.07) is 8.16. The van der Waals surface area contributed by atoms with Crippen LogP contribution in [-0.4, -0.2) is 5.91 Å². The van der Waals surface area contributed by atoms with Crippen molar-refractivity contribution < 1.29 is 4.79 Å². The summed E-state index contributed by atoms with van der Waals surface area (Å²) in [5, 5.41) is 3.15. The van der Waals surface area contributed by atoms with Crippen molar-refractivity contribution in [3.8, 4) is 0 Å². The fourth-order valence-corrected chi connectivity index (χ4v) is 3.03. The summed E-state index contributed by atoms with van der Waals surface area (Å²) in [4.78, 5) is 12.3. The number of nitrogens with one attached hydrogen (secondary N) is 1. The monoisotopic (exact) mass is 309 g/mol. The summed E-state index contributed by atoms with van der Waals surface area (Å²) in [5.74, 6) is 0.201. The maximum absolute atomic E-state index is 12.3. The Labute approximate surface area is 117 Å². The molecule has 18 heavy (non-hydrogen) atoms. The molecule has 0 bridgehead atoms. The van der Waals surface area contributed by atoms with E-state index in [2.05, 4.69) is 34.2 Å². The van der Waals surface area contributed by atoms with Gasteiger partial charge in [-0.25, -0.2) is 0 Å². The zero-order valence-corrected chi connectivity index (χ0v) is 12.6. The van der Waals surface area contributed by atoms with E-state index in [0.717, 1.165) is 22.9 Å². The number of hydrogen-bond donors (Lipinski definition) is 1. The summed E-state index contributed by atoms with van der Waals surface area (Å²) in [6.45, 7) is 4.13. The lowest BCUT2D eigenvalue weighted by Gasteiger charge is -2.25. The molecule has 1 aromatic carbocycles. The van der Waals surface area contributed by atoms with Gasteiger partial charge in [-0.3, -0.25) is 4.79 Å². The molecule has 2 rings (SSSR count). The van der Waals surface area contributed by atoms with Crippen molar-refractivity contribution in [1.82, 2.24) is 5.32 Å². The summed E-state index contributed by atoms with van der Waals surface area (Å²) >= 11 is 3.46. The molecule has 0 spiro atoms. The van der Waals surface area contributed by atoms with Gasteiger partial charge in [0.05, 0.1) is 6.04 Å². The number of rotatable bonds is 3. The van der Waals surface area contributed by atoms with Gasteiger partial charge in [0, 0.05) is 9.89 Å². The minimum absolute atomic E-state index is 0.0624. The minimum atomic E-state index is -0.153. The van der Waals surface area contributed by atoms with Crippen LogP contribution in [0.25, 0.3) is 0 Å². The zero-order valence-electron chi connectivity index (χ0n) is 11.0. The number of amides is 1. The van der Waals surface area contributed by atoms with Gasteiger partial charge in [0.15, 0.2) is 0 Å². The number of hydrogen-bond acceptors (Lipinski definition) is 1. The summed E-state index contributed by atoms with van der Waals surface area (Å²) in [7, 11) is 0. The van der Waals surface area contributed by atoms with Gasteiger partial charge in [-0.2, -0.15) is 0 Å². The first-order valence-corrected chi connectivity index (χ1v) is 7.37. The standard InChI is InChI=1S/C15H20BrNO/c1-11(12-6-5-7-13(16)10-12)17-14(18)15(2)8-3-4-9-15/h5-7,10-11H,3-4,8-9H2,1-2H3,(H,17,18). The van der Waals surface area contributed by atoms with E-state index in [1.54, 1.807) is 0 Å². The third-order valence-electron chi connectivity index (χ3n) is 3.95. The molecule has 1 N–H and O–H groups in total. The average molecular weight is 310 g/mol. The Morgan fingerprint density at radius 3 is 2.67 bits per heavy atom. The highest BCUT2D eigenvalue weighted by Crippen LogP contribution is 2.38. The van der Waals surface area contributed by atoms with Gasteiger partial charge in [0.2, 0.25) is 5.91 Å². The lowest BCUT2D eigenvalue weighted by atomic mass is 9.87. The summed E-state index contributed by atoms with van der Waals surface area (Å²) in [5.41, 5.74) is 0.986. The second-order valence-electron chi connectivity index (χ2n) is 5.52. The van der Waals surface area contributed by atoms with E-state index in [9.17, 15) is 4.79 Å². The maximum Gasteiger partial charge on any atom is 0.226 e. The van der Waals surface area contributed by atoms with E-state index in [1.165, 1.54) is 12.8 Å². The lowest BCUT2D eigenvalue weighted by Crippen LogP contribution is -2.38. The molecule has 0 saturated heterocycles. The molecule has 1 aliphatic rings. The smallest absolute Gasteiger partial charge is 0.226 e. The molecule has 0 aliphatic heterocycles. The summed E-state index contributed by atoms with van der Waals surface area (Å²) in [6.07, 6.45) is 4.39. The number of carbonyl (C=O) groups is 1. The molecule has 1 aromatic rings. The molecule has 1 fully saturated rings. The Morgan fingerprint density at radius 1 is 1.39 bits per heavy atom. The first-order chi connectivity index (χ1) is 8.51. The third-order valence-corrected chi connectivity index (χ3v) is 4.44. The number of carbonyl (C=O) groups excluding carboxylic acids is 1. The SMILES string of the molecule is CC(NC(=O)C1(C)CCCC1)c1cccc(Br)c1. The molecule has 3 heteroatoms. The molecule has 0 aromatic heterocycles. The van der Waals surface area contributed by atoms with E-state index in [4.69, 9.17) is 0 Å². The zero-order chi connectivity index (χ0) is 13.2. The van der Waals surface area contributed by atoms with E-state index < -0.39 is 0 Å². The van der Waals surface area contributed by atoms with E-state index in [-0.39, 0.29) is 17.4 Å². The molecule has 1 unspecified atom stereocenters. The highest BCUT2D eigenvalue weighted by atomic mass is 79.9. The van der Waals surface area contributed by atoms with Crippen LogP contribution in [0.1, 0.15) is 51.1 Å². The molecule has 2 nitrogen and oxygen atoms in total. The molecule has 0 heterocycles. The molecule has 0 radical (unpaired) electrons. The predicted octanol–water partition coefficient (Wildman–Crippen LogP) is 4.21. The van der Waals surface area contributed by atoms with Crippen molar-refractivity contribution in [2.45, 2.75) is 45.6 Å². The van der Waals surface area contributed by atoms with Crippen LogP contribution in [0, 0.1) is 5.41 Å². The third kappa shape index (κ3) is 2.94. The maximum atomic E-state index is 12.3. The molecule has 1 amide bonds. The van der Waals surface area contributed by atoms with Crippen molar-refractivity contribution in [2.75, 3.05) is 0 Å². The van der Waals surface area contributed by atoms with Crippen molar-refractivity contribution in [2.24, 2.45) is 5.41 Å². The van der Waals surface area contributed by atoms with Crippen molar-refractivity contribution in [1.29, 1.82) is 0 Å². The Hall–Kier alpha value is -0.830. The van der Waals surface area contributed by atoms with Gasteiger partial charge in [0.25, 0.3) is 0 Å². The van der Waals surface area contributed by atoms with Crippen LogP contribution < -0.4 is 5.32 Å². The van der Waals surface area contributed by atoms with Gasteiger partial charge >= 0.3 is 0 Å². The van der Waals surface area contributed by atoms with Gasteiger partial charge in [-0.15, -0.1) is 0 Å². The first-order valence-electron chi connectivity index (χ1n) is 6.58. The van der Waals surface area contributed by atoms with Crippen LogP contribution in [0.2, 0.25) is 0 Å². The second kappa shape index (κ2) is 5.43. The second-order valence-corrected chi connectivity index (χ2v) is 6.43. The van der Waals surface area contributed by atoms with Crippen LogP contribution >= 0.6 is 15.9 Å². The van der Waals surface area contributed by atoms with Gasteiger partial charge in [0.1, 0.15) is 0 Å². The van der Waals surface area contributed by atoms with Gasteiger partial charge in [-0.1, -0.05) is 47.8 Å². The van der Waals surface area contributed by atoms with Gasteiger partial charge in [-0.05, 0) is 37.5 Å². The van der Waals surface area contributed by atoms with E-state index >= 15 is 0 Å². The number of halogens is 1. The highest BCUT2D eigenvalue weighted by molar-refractivity contribution is 9.10. The summed E-state index contributed by atoms with van der Waals surface area (Å²) < 4.78 is 1.05. The van der Waals surface area contributed by atoms with Crippen molar-refractivity contribution in [3.05, 3.63) is 34.3 Å². The Morgan fingerprint density at radius 2 is 2.06 bits per heavy atom. The van der Waals surface area contributed by atoms with E-state index in [0.29, 0.717) is 0 Å². The quantitative estimate of drug-likeness (QED) is 0.890. The minimum Gasteiger partial charge on any atom is -0.349 e. The Kier molecular flexibility index (Phi) is 4.10. The average Bonchev–Trinajstić information content (AvgIpc) is 2.77. The van der Waals surface area contributed by atoms with Crippen LogP contribution in [0.4, 0.5) is 0 Å². The highest BCUT2D eigenvalue weighted by Gasteiger charge is 2.36. The number of benzene rings is 1. The van der Waals surface area contributed by atoms with E-state index in [1.807, 2.05) is 25.1 Å². The van der Waals surface area contributed by atoms with Crippen LogP contribution in [0.15, 0.2) is 28.7 Å². The van der Waals surface area contributed by atoms with Crippen molar-refractivity contribution in [3.63, 3.8) is 0 Å². The molecule has 1 saturated carbocycles. The molecule has 1 aliphatic carbocycles. The van der Waals surface area contributed by atoms with Crippen LogP contribution in [-0.2, 0) is 4.79 Å². The Bertz CT molecular complexity index is 438. The van der Waals surface area contributed by atoms with Crippen molar-refractivity contribution >= 4 is 21.8 Å². The lowest BCUT2D eigenvalue weighted by molar-refractivity contribution is -0.130.